The van der Waals surface area contributed by atoms with E-state index in [-0.39, 0.29) is 18.6 Å². The molecule has 1 rings (SSSR count). The molecule has 1 heterocycles. The first-order chi connectivity index (χ1) is 4.22. The van der Waals surface area contributed by atoms with E-state index in [1.165, 1.54) is 0 Å². The van der Waals surface area contributed by atoms with Crippen LogP contribution in [0.15, 0.2) is 0 Å². The van der Waals surface area contributed by atoms with Crippen LogP contribution in [0, 0.1) is 0 Å². The van der Waals surface area contributed by atoms with Gasteiger partial charge in [0.25, 0.3) is 0 Å². The van der Waals surface area contributed by atoms with E-state index in [1.54, 1.807) is 11.9 Å². The van der Waals surface area contributed by atoms with Gasteiger partial charge in [-0.3, -0.25) is 4.79 Å². The first-order valence-electron chi connectivity index (χ1n) is 3.05. The molecule has 3 nitrogen and oxygen atoms in total. The van der Waals surface area contributed by atoms with Crippen molar-refractivity contribution in [1.82, 2.24) is 4.90 Å². The molecular formula is C6H11NO2. The minimum atomic E-state index is 0.0775. The monoisotopic (exact) mass is 129 g/mol. The van der Waals surface area contributed by atoms with Crippen molar-refractivity contribution < 1.29 is 9.53 Å². The first-order valence-corrected chi connectivity index (χ1v) is 3.05. The summed E-state index contributed by atoms with van der Waals surface area (Å²) in [5, 5.41) is 0. The van der Waals surface area contributed by atoms with Crippen molar-refractivity contribution in [2.75, 3.05) is 20.3 Å². The molecule has 0 aromatic rings. The van der Waals surface area contributed by atoms with Crippen LogP contribution in [0.25, 0.3) is 0 Å². The summed E-state index contributed by atoms with van der Waals surface area (Å²) in [7, 11) is 1.80. The van der Waals surface area contributed by atoms with Crippen molar-refractivity contribution in [3.63, 3.8) is 0 Å². The summed E-state index contributed by atoms with van der Waals surface area (Å²) in [4.78, 5) is 12.5. The summed E-state index contributed by atoms with van der Waals surface area (Å²) in [6.45, 7) is 2.89. The van der Waals surface area contributed by atoms with Gasteiger partial charge in [0.05, 0.1) is 12.6 Å². The normalized spacial score (nSPS) is 28.9. The van der Waals surface area contributed by atoms with Gasteiger partial charge in [0.1, 0.15) is 6.61 Å². The fourth-order valence-electron chi connectivity index (χ4n) is 0.776. The summed E-state index contributed by atoms with van der Waals surface area (Å²) >= 11 is 0. The van der Waals surface area contributed by atoms with E-state index < -0.39 is 0 Å². The third-order valence-electron chi connectivity index (χ3n) is 1.64. The molecule has 1 aliphatic heterocycles. The highest BCUT2D eigenvalue weighted by atomic mass is 16.5. The Labute approximate surface area is 54.6 Å². The number of rotatable bonds is 0. The molecule has 0 aliphatic carbocycles. The second kappa shape index (κ2) is 2.35. The predicted octanol–water partition coefficient (Wildman–Crippen LogP) is -0.137. The van der Waals surface area contributed by atoms with Crippen LogP contribution in [0.5, 0.6) is 0 Å². The summed E-state index contributed by atoms with van der Waals surface area (Å²) in [5.74, 6) is 0.0775. The molecule has 1 amide bonds. The third-order valence-corrected chi connectivity index (χ3v) is 1.64. The Morgan fingerprint density at radius 2 is 2.44 bits per heavy atom. The molecule has 1 atom stereocenters. The van der Waals surface area contributed by atoms with Crippen LogP contribution in [-0.2, 0) is 9.53 Å². The molecule has 9 heavy (non-hydrogen) atoms. The van der Waals surface area contributed by atoms with Gasteiger partial charge < -0.3 is 9.64 Å². The Morgan fingerprint density at radius 1 is 1.78 bits per heavy atom. The van der Waals surface area contributed by atoms with E-state index in [0.717, 1.165) is 0 Å². The van der Waals surface area contributed by atoms with Crippen LogP contribution >= 0.6 is 0 Å². The van der Waals surface area contributed by atoms with E-state index >= 15 is 0 Å². The molecule has 0 radical (unpaired) electrons. The number of nitrogens with zero attached hydrogens (tertiary/aromatic N) is 1. The highest BCUT2D eigenvalue weighted by Crippen LogP contribution is 2.02. The molecule has 0 bridgehead atoms. The van der Waals surface area contributed by atoms with Crippen molar-refractivity contribution in [3.05, 3.63) is 0 Å². The van der Waals surface area contributed by atoms with E-state index in [9.17, 15) is 4.79 Å². The fourth-order valence-corrected chi connectivity index (χ4v) is 0.776. The molecule has 0 N–H and O–H groups in total. The lowest BCUT2D eigenvalue weighted by Gasteiger charge is -2.29. The van der Waals surface area contributed by atoms with Gasteiger partial charge in [-0.1, -0.05) is 0 Å². The van der Waals surface area contributed by atoms with Crippen LogP contribution in [-0.4, -0.2) is 37.1 Å². The highest BCUT2D eigenvalue weighted by molar-refractivity contribution is 5.78. The molecule has 0 saturated carbocycles. The number of carbonyl (C=O) groups excluding carboxylic acids is 1. The number of carbonyl (C=O) groups is 1. The topological polar surface area (TPSA) is 29.5 Å². The number of morpholine rings is 1. The highest BCUT2D eigenvalue weighted by Gasteiger charge is 2.20. The number of likely N-dealkylation sites (N-methyl/N-ethyl adjacent to an activating group) is 1. The number of hydrogen-bond donors (Lipinski definition) is 0. The molecule has 3 heteroatoms. The van der Waals surface area contributed by atoms with Crippen molar-refractivity contribution in [3.8, 4) is 0 Å². The zero-order chi connectivity index (χ0) is 6.85. The maximum Gasteiger partial charge on any atom is 0.248 e. The SMILES string of the molecule is C[C@@H]1COCC(=O)N1C. The molecular weight excluding hydrogens is 118 g/mol. The summed E-state index contributed by atoms with van der Waals surface area (Å²) in [6, 6.07) is 0.242. The lowest BCUT2D eigenvalue weighted by Crippen LogP contribution is -2.45. The number of amides is 1. The van der Waals surface area contributed by atoms with Crippen LogP contribution in [0.4, 0.5) is 0 Å². The molecule has 52 valence electrons. The third kappa shape index (κ3) is 1.21. The first kappa shape index (κ1) is 6.55. The summed E-state index contributed by atoms with van der Waals surface area (Å²) in [6.07, 6.45) is 0. The zero-order valence-electron chi connectivity index (χ0n) is 5.76. The fraction of sp³-hybridized carbons (Fsp3) is 0.833. The van der Waals surface area contributed by atoms with Gasteiger partial charge in [0, 0.05) is 7.05 Å². The van der Waals surface area contributed by atoms with Crippen LogP contribution < -0.4 is 0 Å². The van der Waals surface area contributed by atoms with Gasteiger partial charge in [0.2, 0.25) is 5.91 Å². The van der Waals surface area contributed by atoms with Crippen molar-refractivity contribution in [2.24, 2.45) is 0 Å². The summed E-state index contributed by atoms with van der Waals surface area (Å²) < 4.78 is 4.97. The molecule has 0 unspecified atom stereocenters. The smallest absolute Gasteiger partial charge is 0.248 e. The van der Waals surface area contributed by atoms with E-state index in [1.807, 2.05) is 6.92 Å². The Bertz CT molecular complexity index is 124. The molecule has 0 spiro atoms. The molecule has 0 aromatic heterocycles. The van der Waals surface area contributed by atoms with Crippen molar-refractivity contribution >= 4 is 5.91 Å². The van der Waals surface area contributed by atoms with Gasteiger partial charge in [-0.2, -0.15) is 0 Å². The molecule has 1 saturated heterocycles. The Morgan fingerprint density at radius 3 is 2.89 bits per heavy atom. The van der Waals surface area contributed by atoms with Gasteiger partial charge in [-0.05, 0) is 6.92 Å². The summed E-state index contributed by atoms with van der Waals surface area (Å²) in [5.41, 5.74) is 0. The van der Waals surface area contributed by atoms with Crippen molar-refractivity contribution in [2.45, 2.75) is 13.0 Å². The predicted molar refractivity (Wildman–Crippen MR) is 33.1 cm³/mol. The minimum Gasteiger partial charge on any atom is -0.370 e. The lowest BCUT2D eigenvalue weighted by atomic mass is 10.3. The number of hydrogen-bond acceptors (Lipinski definition) is 2. The second-order valence-electron chi connectivity index (χ2n) is 2.37. The molecule has 0 aromatic carbocycles. The Hall–Kier alpha value is -0.570. The largest absolute Gasteiger partial charge is 0.370 e. The van der Waals surface area contributed by atoms with Gasteiger partial charge in [-0.25, -0.2) is 0 Å². The quantitative estimate of drug-likeness (QED) is 0.455. The van der Waals surface area contributed by atoms with Crippen LogP contribution in [0.1, 0.15) is 6.92 Å². The van der Waals surface area contributed by atoms with E-state index in [4.69, 9.17) is 4.74 Å². The lowest BCUT2D eigenvalue weighted by molar-refractivity contribution is -0.144. The zero-order valence-corrected chi connectivity index (χ0v) is 5.76. The van der Waals surface area contributed by atoms with E-state index in [0.29, 0.717) is 6.61 Å². The second-order valence-corrected chi connectivity index (χ2v) is 2.37. The average molecular weight is 129 g/mol. The van der Waals surface area contributed by atoms with Crippen LogP contribution in [0.3, 0.4) is 0 Å². The van der Waals surface area contributed by atoms with Crippen molar-refractivity contribution in [1.29, 1.82) is 0 Å². The van der Waals surface area contributed by atoms with Gasteiger partial charge in [-0.15, -0.1) is 0 Å². The van der Waals surface area contributed by atoms with Gasteiger partial charge in [0.15, 0.2) is 0 Å². The standard InChI is InChI=1S/C6H11NO2/c1-5-3-9-4-6(8)7(5)2/h5H,3-4H2,1-2H3/t5-/m1/s1. The Balaban J connectivity index is 2.51. The maximum atomic E-state index is 10.8. The molecule has 1 fully saturated rings. The maximum absolute atomic E-state index is 10.8. The minimum absolute atomic E-state index is 0.0775. The number of ether oxygens (including phenoxy) is 1. The van der Waals surface area contributed by atoms with E-state index in [2.05, 4.69) is 0 Å². The van der Waals surface area contributed by atoms with Crippen LogP contribution in [0.2, 0.25) is 0 Å². The average Bonchev–Trinajstić information content (AvgIpc) is 1.83. The molecule has 1 aliphatic rings. The Kier molecular flexibility index (Phi) is 1.71. The van der Waals surface area contributed by atoms with Gasteiger partial charge >= 0.3 is 0 Å².